The van der Waals surface area contributed by atoms with E-state index in [9.17, 15) is 0 Å². The molecule has 0 bridgehead atoms. The lowest BCUT2D eigenvalue weighted by molar-refractivity contribution is 0.232. The number of hydrogen-bond donors (Lipinski definition) is 2. The molecule has 19 heavy (non-hydrogen) atoms. The summed E-state index contributed by atoms with van der Waals surface area (Å²) >= 11 is 0. The van der Waals surface area contributed by atoms with Crippen LogP contribution >= 0.6 is 0 Å². The largest absolute Gasteiger partial charge is 0.384 e. The van der Waals surface area contributed by atoms with Crippen LogP contribution in [0.3, 0.4) is 0 Å². The third kappa shape index (κ3) is 2.84. The Balaban J connectivity index is 2.15. The lowest BCUT2D eigenvalue weighted by Gasteiger charge is -2.26. The Morgan fingerprint density at radius 1 is 1.53 bits per heavy atom. The Kier molecular flexibility index (Phi) is 4.31. The van der Waals surface area contributed by atoms with Crippen LogP contribution in [0.25, 0.3) is 0 Å². The maximum atomic E-state index is 7.62. The van der Waals surface area contributed by atoms with Gasteiger partial charge in [0.15, 0.2) is 5.82 Å². The molecule has 0 aliphatic carbocycles. The molecule has 1 aromatic heterocycles. The summed E-state index contributed by atoms with van der Waals surface area (Å²) in [5.74, 6) is 0.792. The highest BCUT2D eigenvalue weighted by Crippen LogP contribution is 2.23. The third-order valence-corrected chi connectivity index (χ3v) is 3.78. The van der Waals surface area contributed by atoms with Crippen molar-refractivity contribution in [1.29, 1.82) is 5.41 Å². The van der Waals surface area contributed by atoms with Crippen molar-refractivity contribution < 1.29 is 0 Å². The van der Waals surface area contributed by atoms with Gasteiger partial charge < -0.3 is 10.6 Å². The molecule has 1 aliphatic heterocycles. The van der Waals surface area contributed by atoms with E-state index >= 15 is 0 Å². The van der Waals surface area contributed by atoms with Gasteiger partial charge in [-0.2, -0.15) is 5.10 Å². The van der Waals surface area contributed by atoms with Crippen LogP contribution < -0.4 is 10.6 Å². The molecule has 1 saturated heterocycles. The van der Waals surface area contributed by atoms with Gasteiger partial charge in [0.05, 0.1) is 11.8 Å². The maximum absolute atomic E-state index is 7.62. The first-order chi connectivity index (χ1) is 9.17. The lowest BCUT2D eigenvalue weighted by Crippen LogP contribution is -2.37. The van der Waals surface area contributed by atoms with Crippen molar-refractivity contribution in [3.8, 4) is 0 Å². The van der Waals surface area contributed by atoms with Crippen molar-refractivity contribution >= 4 is 11.7 Å². The van der Waals surface area contributed by atoms with Crippen LogP contribution in [0.1, 0.15) is 25.8 Å². The van der Waals surface area contributed by atoms with Gasteiger partial charge >= 0.3 is 0 Å². The van der Waals surface area contributed by atoms with Crippen LogP contribution in [0.15, 0.2) is 12.3 Å². The molecule has 1 unspecified atom stereocenters. The van der Waals surface area contributed by atoms with Crippen LogP contribution in [0, 0.1) is 5.41 Å². The van der Waals surface area contributed by atoms with Gasteiger partial charge in [-0.3, -0.25) is 10.3 Å². The Labute approximate surface area is 114 Å². The van der Waals surface area contributed by atoms with E-state index in [0.717, 1.165) is 38.4 Å². The molecule has 0 amide bonds. The average Bonchev–Trinajstić information content (AvgIpc) is 2.89. The number of nitrogens with zero attached hydrogens (tertiary/aromatic N) is 4. The van der Waals surface area contributed by atoms with Crippen LogP contribution in [0.4, 0.5) is 5.82 Å². The van der Waals surface area contributed by atoms with E-state index in [1.807, 2.05) is 0 Å². The smallest absolute Gasteiger partial charge is 0.162 e. The normalized spacial score (nSPS) is 19.1. The zero-order chi connectivity index (χ0) is 13.8. The molecule has 1 fully saturated rings. The van der Waals surface area contributed by atoms with E-state index in [1.165, 1.54) is 0 Å². The number of nitrogens with one attached hydrogen (secondary N) is 1. The van der Waals surface area contributed by atoms with Gasteiger partial charge in [-0.15, -0.1) is 5.10 Å². The van der Waals surface area contributed by atoms with Crippen molar-refractivity contribution in [3.05, 3.63) is 17.8 Å². The SMILES string of the molecule is CCN(CC)C1CCN(c2nnccc2C(=N)N)C1. The Morgan fingerprint density at radius 3 is 2.89 bits per heavy atom. The number of amidine groups is 1. The van der Waals surface area contributed by atoms with E-state index in [-0.39, 0.29) is 5.84 Å². The molecule has 2 heterocycles. The minimum Gasteiger partial charge on any atom is -0.384 e. The molecule has 6 nitrogen and oxygen atoms in total. The van der Waals surface area contributed by atoms with Gasteiger partial charge in [0.2, 0.25) is 0 Å². The first-order valence-corrected chi connectivity index (χ1v) is 6.82. The van der Waals surface area contributed by atoms with Crippen molar-refractivity contribution in [2.45, 2.75) is 26.3 Å². The zero-order valence-corrected chi connectivity index (χ0v) is 11.6. The highest BCUT2D eigenvalue weighted by Gasteiger charge is 2.28. The molecule has 2 rings (SSSR count). The summed E-state index contributed by atoms with van der Waals surface area (Å²) in [4.78, 5) is 4.65. The Bertz CT molecular complexity index is 443. The second-order valence-corrected chi connectivity index (χ2v) is 4.79. The topological polar surface area (TPSA) is 82.1 Å². The standard InChI is InChI=1S/C13H22N6/c1-3-18(4-2)10-6-8-19(9-10)13-11(12(14)15)5-7-16-17-13/h5,7,10H,3-4,6,8-9H2,1-2H3,(H3,14,15). The molecule has 1 aliphatic rings. The van der Waals surface area contributed by atoms with Gasteiger partial charge in [-0.1, -0.05) is 13.8 Å². The summed E-state index contributed by atoms with van der Waals surface area (Å²) in [5.41, 5.74) is 6.28. The zero-order valence-electron chi connectivity index (χ0n) is 11.6. The quantitative estimate of drug-likeness (QED) is 0.602. The van der Waals surface area contributed by atoms with Crippen molar-refractivity contribution in [2.24, 2.45) is 5.73 Å². The van der Waals surface area contributed by atoms with E-state index in [0.29, 0.717) is 11.6 Å². The third-order valence-electron chi connectivity index (χ3n) is 3.78. The minimum atomic E-state index is 0.0520. The number of hydrogen-bond acceptors (Lipinski definition) is 5. The van der Waals surface area contributed by atoms with Gasteiger partial charge in [-0.25, -0.2) is 0 Å². The van der Waals surface area contributed by atoms with Crippen molar-refractivity contribution in [2.75, 3.05) is 31.1 Å². The van der Waals surface area contributed by atoms with E-state index < -0.39 is 0 Å². The summed E-state index contributed by atoms with van der Waals surface area (Å²) in [5, 5.41) is 15.7. The first-order valence-electron chi connectivity index (χ1n) is 6.82. The highest BCUT2D eigenvalue weighted by molar-refractivity contribution is 5.99. The highest BCUT2D eigenvalue weighted by atomic mass is 15.3. The molecule has 0 aromatic carbocycles. The molecule has 1 atom stereocenters. The number of nitrogen functional groups attached to an aromatic ring is 1. The second kappa shape index (κ2) is 5.97. The predicted octanol–water partition coefficient (Wildman–Crippen LogP) is 0.681. The fourth-order valence-electron chi connectivity index (χ4n) is 2.74. The van der Waals surface area contributed by atoms with Crippen LogP contribution in [-0.4, -0.2) is 53.2 Å². The van der Waals surface area contributed by atoms with Gasteiger partial charge in [0.1, 0.15) is 5.84 Å². The first kappa shape index (κ1) is 13.7. The summed E-state index contributed by atoms with van der Waals surface area (Å²) in [6.07, 6.45) is 2.70. The molecule has 3 N–H and O–H groups in total. The lowest BCUT2D eigenvalue weighted by atomic mass is 10.2. The fraction of sp³-hybridized carbons (Fsp3) is 0.615. The number of likely N-dealkylation sites (N-methyl/N-ethyl adjacent to an activating group) is 1. The van der Waals surface area contributed by atoms with Gasteiger partial charge in [0, 0.05) is 19.1 Å². The minimum absolute atomic E-state index is 0.0520. The molecular weight excluding hydrogens is 240 g/mol. The number of anilines is 1. The predicted molar refractivity (Wildman–Crippen MR) is 76.6 cm³/mol. The maximum Gasteiger partial charge on any atom is 0.162 e. The van der Waals surface area contributed by atoms with E-state index in [2.05, 4.69) is 33.8 Å². The molecule has 0 radical (unpaired) electrons. The average molecular weight is 262 g/mol. The van der Waals surface area contributed by atoms with Gasteiger partial charge in [0.25, 0.3) is 0 Å². The van der Waals surface area contributed by atoms with Crippen molar-refractivity contribution in [3.63, 3.8) is 0 Å². The van der Waals surface area contributed by atoms with Gasteiger partial charge in [-0.05, 0) is 25.6 Å². The molecule has 0 spiro atoms. The van der Waals surface area contributed by atoms with Crippen molar-refractivity contribution in [1.82, 2.24) is 15.1 Å². The molecule has 104 valence electrons. The number of rotatable bonds is 5. The summed E-state index contributed by atoms with van der Waals surface area (Å²) in [6.45, 7) is 8.38. The number of aromatic nitrogens is 2. The summed E-state index contributed by atoms with van der Waals surface area (Å²) in [7, 11) is 0. The fourth-order valence-corrected chi connectivity index (χ4v) is 2.74. The monoisotopic (exact) mass is 262 g/mol. The summed E-state index contributed by atoms with van der Waals surface area (Å²) < 4.78 is 0. The number of nitrogens with two attached hydrogens (primary N) is 1. The molecule has 1 aromatic rings. The van der Waals surface area contributed by atoms with Crippen LogP contribution in [0.5, 0.6) is 0 Å². The Hall–Kier alpha value is -1.69. The molecular formula is C13H22N6. The van der Waals surface area contributed by atoms with Crippen LogP contribution in [0.2, 0.25) is 0 Å². The second-order valence-electron chi connectivity index (χ2n) is 4.79. The van der Waals surface area contributed by atoms with Crippen LogP contribution in [-0.2, 0) is 0 Å². The Morgan fingerprint density at radius 2 is 2.26 bits per heavy atom. The molecule has 0 saturated carbocycles. The molecule has 6 heteroatoms. The van der Waals surface area contributed by atoms with E-state index in [4.69, 9.17) is 11.1 Å². The summed E-state index contributed by atoms with van der Waals surface area (Å²) in [6, 6.07) is 2.31. The van der Waals surface area contributed by atoms with E-state index in [1.54, 1.807) is 12.3 Å².